The summed E-state index contributed by atoms with van der Waals surface area (Å²) in [5.74, 6) is 1.59. The normalized spacial score (nSPS) is 32.3. The highest BCUT2D eigenvalue weighted by Crippen LogP contribution is 2.40. The fourth-order valence-corrected chi connectivity index (χ4v) is 5.14. The lowest BCUT2D eigenvalue weighted by Crippen LogP contribution is -2.40. The van der Waals surface area contributed by atoms with Crippen LogP contribution in [0.2, 0.25) is 0 Å². The molecule has 1 aliphatic heterocycles. The first-order chi connectivity index (χ1) is 13.2. The molecule has 1 heterocycles. The van der Waals surface area contributed by atoms with Crippen molar-refractivity contribution < 1.29 is 9.90 Å². The number of hydrogen-bond acceptors (Lipinski definition) is 3. The van der Waals surface area contributed by atoms with Gasteiger partial charge in [-0.25, -0.2) is 0 Å². The van der Waals surface area contributed by atoms with Gasteiger partial charge in [-0.1, -0.05) is 30.3 Å². The second-order valence-electron chi connectivity index (χ2n) is 9.07. The smallest absolute Gasteiger partial charge is 0.306 e. The number of likely N-dealkylation sites (tertiary alicyclic amines) is 1. The minimum Gasteiger partial charge on any atom is -0.481 e. The zero-order valence-electron chi connectivity index (χ0n) is 16.4. The van der Waals surface area contributed by atoms with Crippen molar-refractivity contribution in [1.29, 1.82) is 0 Å². The van der Waals surface area contributed by atoms with Crippen LogP contribution in [0.1, 0.15) is 56.4 Å². The molecule has 0 amide bonds. The molecular weight excluding hydrogens is 336 g/mol. The molecule has 4 rings (SSSR count). The van der Waals surface area contributed by atoms with Crippen LogP contribution in [0.25, 0.3) is 0 Å². The Bertz CT molecular complexity index is 604. The Morgan fingerprint density at radius 3 is 2.37 bits per heavy atom. The molecule has 4 heteroatoms. The Labute approximate surface area is 163 Å². The van der Waals surface area contributed by atoms with E-state index in [1.165, 1.54) is 51.0 Å². The van der Waals surface area contributed by atoms with Crippen LogP contribution in [0.3, 0.4) is 0 Å². The summed E-state index contributed by atoms with van der Waals surface area (Å²) in [4.78, 5) is 13.7. The lowest BCUT2D eigenvalue weighted by atomic mass is 9.81. The number of nitrogens with one attached hydrogen (secondary N) is 1. The van der Waals surface area contributed by atoms with Gasteiger partial charge in [0, 0.05) is 18.5 Å². The van der Waals surface area contributed by atoms with E-state index >= 15 is 0 Å². The van der Waals surface area contributed by atoms with Gasteiger partial charge in [0.15, 0.2) is 0 Å². The number of hydrogen-bond donors (Lipinski definition) is 2. The van der Waals surface area contributed by atoms with E-state index < -0.39 is 5.97 Å². The average molecular weight is 371 g/mol. The van der Waals surface area contributed by atoms with Crippen LogP contribution in [0, 0.1) is 17.8 Å². The van der Waals surface area contributed by atoms with Gasteiger partial charge in [-0.15, -0.1) is 0 Å². The van der Waals surface area contributed by atoms with E-state index in [0.717, 1.165) is 37.5 Å². The van der Waals surface area contributed by atoms with Gasteiger partial charge in [-0.05, 0) is 82.0 Å². The molecule has 0 radical (unpaired) electrons. The molecule has 4 nitrogen and oxygen atoms in total. The van der Waals surface area contributed by atoms with Gasteiger partial charge in [0.25, 0.3) is 0 Å². The van der Waals surface area contributed by atoms with Crippen molar-refractivity contribution in [2.45, 2.75) is 56.9 Å². The first kappa shape index (κ1) is 18.9. The summed E-state index contributed by atoms with van der Waals surface area (Å²) < 4.78 is 0. The molecule has 2 saturated carbocycles. The molecule has 3 fully saturated rings. The van der Waals surface area contributed by atoms with Crippen LogP contribution in [-0.2, 0) is 4.79 Å². The van der Waals surface area contributed by atoms with Gasteiger partial charge in [-0.2, -0.15) is 0 Å². The van der Waals surface area contributed by atoms with Crippen molar-refractivity contribution in [1.82, 2.24) is 10.2 Å². The van der Waals surface area contributed by atoms with Crippen LogP contribution >= 0.6 is 0 Å². The van der Waals surface area contributed by atoms with Crippen molar-refractivity contribution >= 4 is 5.97 Å². The van der Waals surface area contributed by atoms with Crippen molar-refractivity contribution in [3.8, 4) is 0 Å². The summed E-state index contributed by atoms with van der Waals surface area (Å²) >= 11 is 0. The van der Waals surface area contributed by atoms with Crippen molar-refractivity contribution in [3.63, 3.8) is 0 Å². The molecule has 2 aliphatic carbocycles. The maximum absolute atomic E-state index is 11.1. The van der Waals surface area contributed by atoms with Crippen molar-refractivity contribution in [3.05, 3.63) is 35.9 Å². The van der Waals surface area contributed by atoms with Crippen molar-refractivity contribution in [2.75, 3.05) is 26.2 Å². The lowest BCUT2D eigenvalue weighted by Gasteiger charge is -2.36. The summed E-state index contributed by atoms with van der Waals surface area (Å²) in [6.07, 6.45) is 7.86. The maximum atomic E-state index is 11.1. The molecule has 0 bridgehead atoms. The Morgan fingerprint density at radius 1 is 1.00 bits per heavy atom. The summed E-state index contributed by atoms with van der Waals surface area (Å²) in [5, 5.41) is 12.9. The number of aliphatic carboxylic acids is 1. The summed E-state index contributed by atoms with van der Waals surface area (Å²) in [6.45, 7) is 4.80. The molecule has 0 spiro atoms. The molecule has 148 valence electrons. The minimum absolute atomic E-state index is 0.0832. The van der Waals surface area contributed by atoms with Gasteiger partial charge < -0.3 is 15.3 Å². The van der Waals surface area contributed by atoms with Gasteiger partial charge in [0.2, 0.25) is 0 Å². The molecule has 27 heavy (non-hydrogen) atoms. The predicted octanol–water partition coefficient (Wildman–Crippen LogP) is 3.74. The molecular formula is C23H34N2O2. The van der Waals surface area contributed by atoms with Gasteiger partial charge >= 0.3 is 5.97 Å². The van der Waals surface area contributed by atoms with E-state index in [1.54, 1.807) is 0 Å². The highest BCUT2D eigenvalue weighted by atomic mass is 16.4. The molecule has 1 aromatic rings. The van der Waals surface area contributed by atoms with Gasteiger partial charge in [0.1, 0.15) is 0 Å². The zero-order valence-corrected chi connectivity index (χ0v) is 16.4. The lowest BCUT2D eigenvalue weighted by molar-refractivity contribution is -0.143. The number of piperidine rings is 1. The number of rotatable bonds is 7. The molecule has 2 atom stereocenters. The zero-order chi connectivity index (χ0) is 18.6. The summed E-state index contributed by atoms with van der Waals surface area (Å²) in [7, 11) is 0. The Kier molecular flexibility index (Phi) is 6.14. The number of carbonyl (C=O) groups is 1. The molecule has 2 unspecified atom stereocenters. The largest absolute Gasteiger partial charge is 0.481 e. The van der Waals surface area contributed by atoms with E-state index in [4.69, 9.17) is 5.11 Å². The predicted molar refractivity (Wildman–Crippen MR) is 108 cm³/mol. The van der Waals surface area contributed by atoms with Crippen LogP contribution in [-0.4, -0.2) is 48.2 Å². The molecule has 0 aromatic heterocycles. The minimum atomic E-state index is -0.591. The van der Waals surface area contributed by atoms with Crippen LogP contribution in [0.5, 0.6) is 0 Å². The monoisotopic (exact) mass is 370 g/mol. The molecule has 2 N–H and O–H groups in total. The molecule has 1 aromatic carbocycles. The third kappa shape index (κ3) is 5.11. The fourth-order valence-electron chi connectivity index (χ4n) is 5.14. The average Bonchev–Trinajstić information content (AvgIpc) is 3.48. The first-order valence-electron chi connectivity index (χ1n) is 10.9. The third-order valence-corrected chi connectivity index (χ3v) is 7.11. The third-order valence-electron chi connectivity index (χ3n) is 7.11. The quantitative estimate of drug-likeness (QED) is 0.768. The first-order valence-corrected chi connectivity index (χ1v) is 10.9. The topological polar surface area (TPSA) is 52.6 Å². The summed E-state index contributed by atoms with van der Waals surface area (Å²) in [6, 6.07) is 11.6. The molecule has 3 aliphatic rings. The fraction of sp³-hybridized carbons (Fsp3) is 0.696. The summed E-state index contributed by atoms with van der Waals surface area (Å²) in [5.41, 5.74) is 1.49. The van der Waals surface area contributed by atoms with Crippen LogP contribution in [0.4, 0.5) is 0 Å². The SMILES string of the molecule is O=C(O)[C@H]1CC[C@H](CN2CCC(CNC3CC3c3ccccc3)CC2)CC1. The van der Waals surface area contributed by atoms with E-state index in [1.807, 2.05) is 0 Å². The number of carboxylic acid groups (broad SMARTS) is 1. The highest BCUT2D eigenvalue weighted by molar-refractivity contribution is 5.69. The number of carboxylic acids is 1. The van der Waals surface area contributed by atoms with Crippen LogP contribution in [0.15, 0.2) is 30.3 Å². The van der Waals surface area contributed by atoms with Gasteiger partial charge in [0.05, 0.1) is 5.92 Å². The Balaban J connectivity index is 1.11. The highest BCUT2D eigenvalue weighted by Gasteiger charge is 2.38. The van der Waals surface area contributed by atoms with Crippen LogP contribution < -0.4 is 5.32 Å². The second-order valence-corrected chi connectivity index (χ2v) is 9.07. The van der Waals surface area contributed by atoms with E-state index in [9.17, 15) is 4.79 Å². The maximum Gasteiger partial charge on any atom is 0.306 e. The Morgan fingerprint density at radius 2 is 1.70 bits per heavy atom. The Hall–Kier alpha value is -1.39. The van der Waals surface area contributed by atoms with E-state index in [0.29, 0.717) is 12.0 Å². The number of nitrogens with zero attached hydrogens (tertiary/aromatic N) is 1. The molecule has 1 saturated heterocycles. The van der Waals surface area contributed by atoms with E-state index in [2.05, 4.69) is 40.5 Å². The van der Waals surface area contributed by atoms with Crippen molar-refractivity contribution in [2.24, 2.45) is 17.8 Å². The van der Waals surface area contributed by atoms with Gasteiger partial charge in [-0.3, -0.25) is 4.79 Å². The van der Waals surface area contributed by atoms with E-state index in [-0.39, 0.29) is 5.92 Å². The standard InChI is InChI=1S/C23H34N2O2/c26-23(27)20-8-6-18(7-9-20)16-25-12-10-17(11-13-25)15-24-22-14-21(22)19-4-2-1-3-5-19/h1-5,17-18,20-22,24H,6-16H2,(H,26,27)/t18-,20-,21?,22?. The number of benzene rings is 1. The second kappa shape index (κ2) is 8.74.